The van der Waals surface area contributed by atoms with Gasteiger partial charge in [0.1, 0.15) is 4.90 Å². The molecule has 5 nitrogen and oxygen atoms in total. The van der Waals surface area contributed by atoms with Gasteiger partial charge in [0.05, 0.1) is 6.61 Å². The van der Waals surface area contributed by atoms with Crippen molar-refractivity contribution in [1.29, 1.82) is 0 Å². The van der Waals surface area contributed by atoms with Crippen LogP contribution in [0.2, 0.25) is 5.02 Å². The minimum absolute atomic E-state index is 0.124. The van der Waals surface area contributed by atoms with Crippen molar-refractivity contribution in [3.63, 3.8) is 0 Å². The lowest BCUT2D eigenvalue weighted by molar-refractivity contribution is 0.278. The molecule has 0 fully saturated rings. The summed E-state index contributed by atoms with van der Waals surface area (Å²) in [4.78, 5) is 2.78. The van der Waals surface area contributed by atoms with E-state index in [1.54, 1.807) is 36.4 Å². The van der Waals surface area contributed by atoms with Crippen LogP contribution < -0.4 is 4.72 Å². The van der Waals surface area contributed by atoms with Crippen LogP contribution in [0.4, 0.5) is 5.69 Å². The number of halogens is 1. The molecule has 2 rings (SSSR count). The highest BCUT2D eigenvalue weighted by molar-refractivity contribution is 8.00. The Bertz CT molecular complexity index is 871. The van der Waals surface area contributed by atoms with Crippen molar-refractivity contribution in [2.45, 2.75) is 23.3 Å². The highest BCUT2D eigenvalue weighted by Crippen LogP contribution is 2.31. The summed E-state index contributed by atoms with van der Waals surface area (Å²) in [5.74, 6) is 0.741. The number of rotatable bonds is 8. The summed E-state index contributed by atoms with van der Waals surface area (Å²) in [5.41, 5.74) is 1.59. The summed E-state index contributed by atoms with van der Waals surface area (Å²) in [6.45, 7) is 2.28. The Morgan fingerprint density at radius 3 is 2.58 bits per heavy atom. The van der Waals surface area contributed by atoms with Crippen molar-refractivity contribution in [3.8, 4) is 0 Å². The molecule has 2 aromatic carbocycles. The van der Waals surface area contributed by atoms with Crippen molar-refractivity contribution in [1.82, 2.24) is 4.90 Å². The Balaban J connectivity index is 2.38. The monoisotopic (exact) mass is 414 g/mol. The van der Waals surface area contributed by atoms with Gasteiger partial charge in [-0.15, -0.1) is 11.8 Å². The molecule has 0 aromatic heterocycles. The second-order valence-electron chi connectivity index (χ2n) is 6.12. The molecule has 0 aliphatic heterocycles. The standard InChI is InChI=1S/C18H23ClN2O3S2/c1-13-11-15(7-8-16(13)19)20-26(23,24)18-14(12-22)5-4-6-17(18)25-10-9-21(2)3/h4-8,11,20,22H,9-10,12H2,1-3H3. The molecule has 0 spiro atoms. The molecule has 0 amide bonds. The predicted molar refractivity (Wildman–Crippen MR) is 109 cm³/mol. The molecule has 0 saturated carbocycles. The maximum Gasteiger partial charge on any atom is 0.263 e. The van der Waals surface area contributed by atoms with Gasteiger partial charge in [0.25, 0.3) is 10.0 Å². The number of hydrogen-bond donors (Lipinski definition) is 2. The normalized spacial score (nSPS) is 11.8. The fourth-order valence-corrected chi connectivity index (χ4v) is 5.44. The van der Waals surface area contributed by atoms with Gasteiger partial charge in [-0.3, -0.25) is 4.72 Å². The number of nitrogens with zero attached hydrogens (tertiary/aromatic N) is 1. The number of anilines is 1. The minimum Gasteiger partial charge on any atom is -0.392 e. The lowest BCUT2D eigenvalue weighted by Crippen LogP contribution is -2.17. The summed E-state index contributed by atoms with van der Waals surface area (Å²) in [6.07, 6.45) is 0. The van der Waals surface area contributed by atoms with Gasteiger partial charge in [-0.2, -0.15) is 0 Å². The first-order chi connectivity index (χ1) is 12.2. The molecule has 0 aliphatic rings. The number of sulfonamides is 1. The van der Waals surface area contributed by atoms with Crippen LogP contribution in [0.3, 0.4) is 0 Å². The Morgan fingerprint density at radius 1 is 1.23 bits per heavy atom. The third-order valence-corrected chi connectivity index (χ3v) is 6.82. The van der Waals surface area contributed by atoms with Gasteiger partial charge in [0, 0.05) is 27.9 Å². The van der Waals surface area contributed by atoms with Crippen molar-refractivity contribution < 1.29 is 13.5 Å². The summed E-state index contributed by atoms with van der Waals surface area (Å²) in [7, 11) is 0.0756. The smallest absolute Gasteiger partial charge is 0.263 e. The van der Waals surface area contributed by atoms with Crippen LogP contribution in [0.5, 0.6) is 0 Å². The zero-order valence-electron chi connectivity index (χ0n) is 15.0. The molecule has 0 saturated heterocycles. The number of aryl methyl sites for hydroxylation is 1. The molecule has 8 heteroatoms. The molecule has 0 atom stereocenters. The molecule has 2 aromatic rings. The first-order valence-corrected chi connectivity index (χ1v) is 10.9. The first-order valence-electron chi connectivity index (χ1n) is 8.04. The second-order valence-corrected chi connectivity index (χ2v) is 9.29. The maximum absolute atomic E-state index is 13.0. The molecule has 2 N–H and O–H groups in total. The third-order valence-electron chi connectivity index (χ3n) is 3.71. The van der Waals surface area contributed by atoms with Gasteiger partial charge in [-0.05, 0) is 56.4 Å². The van der Waals surface area contributed by atoms with Crippen LogP contribution in [-0.2, 0) is 16.6 Å². The van der Waals surface area contributed by atoms with Gasteiger partial charge >= 0.3 is 0 Å². The highest BCUT2D eigenvalue weighted by Gasteiger charge is 2.23. The number of benzene rings is 2. The predicted octanol–water partition coefficient (Wildman–Crippen LogP) is 3.60. The van der Waals surface area contributed by atoms with Crippen molar-refractivity contribution in [2.24, 2.45) is 0 Å². The van der Waals surface area contributed by atoms with Crippen LogP contribution in [-0.4, -0.2) is 44.8 Å². The van der Waals surface area contributed by atoms with Crippen LogP contribution in [0, 0.1) is 6.92 Å². The van der Waals surface area contributed by atoms with E-state index in [9.17, 15) is 13.5 Å². The van der Waals surface area contributed by atoms with Crippen molar-refractivity contribution in [2.75, 3.05) is 31.1 Å². The minimum atomic E-state index is -3.85. The molecule has 0 aliphatic carbocycles. The first kappa shape index (κ1) is 21.1. The molecule has 0 radical (unpaired) electrons. The largest absolute Gasteiger partial charge is 0.392 e. The van der Waals surface area contributed by atoms with E-state index in [0.29, 0.717) is 21.2 Å². The Kier molecular flexibility index (Phi) is 7.37. The fraction of sp³-hybridized carbons (Fsp3) is 0.333. The number of aliphatic hydroxyl groups is 1. The Labute approximate surface area is 164 Å². The average Bonchev–Trinajstić information content (AvgIpc) is 2.57. The van der Waals surface area contributed by atoms with E-state index in [4.69, 9.17) is 11.6 Å². The molecule has 0 heterocycles. The molecular weight excluding hydrogens is 392 g/mol. The van der Waals surface area contributed by atoms with Gasteiger partial charge in [0.15, 0.2) is 0 Å². The van der Waals surface area contributed by atoms with Crippen LogP contribution in [0.25, 0.3) is 0 Å². The SMILES string of the molecule is Cc1cc(NS(=O)(=O)c2c(CO)cccc2SCCN(C)C)ccc1Cl. The van der Waals surface area contributed by atoms with E-state index in [2.05, 4.69) is 4.72 Å². The van der Waals surface area contributed by atoms with Crippen LogP contribution in [0.15, 0.2) is 46.2 Å². The van der Waals surface area contributed by atoms with Gasteiger partial charge in [-0.1, -0.05) is 23.7 Å². The van der Waals surface area contributed by atoms with Crippen molar-refractivity contribution >= 4 is 39.1 Å². The lowest BCUT2D eigenvalue weighted by atomic mass is 10.2. The van der Waals surface area contributed by atoms with E-state index in [1.807, 2.05) is 25.9 Å². The van der Waals surface area contributed by atoms with Crippen LogP contribution >= 0.6 is 23.4 Å². The van der Waals surface area contributed by atoms with E-state index < -0.39 is 10.0 Å². The Morgan fingerprint density at radius 2 is 1.96 bits per heavy atom. The molecule has 142 valence electrons. The third kappa shape index (κ3) is 5.37. The van der Waals surface area contributed by atoms with Crippen LogP contribution in [0.1, 0.15) is 11.1 Å². The van der Waals surface area contributed by atoms with Crippen molar-refractivity contribution in [3.05, 3.63) is 52.5 Å². The van der Waals surface area contributed by atoms with E-state index in [-0.39, 0.29) is 11.5 Å². The van der Waals surface area contributed by atoms with Gasteiger partial charge in [0.2, 0.25) is 0 Å². The summed E-state index contributed by atoms with van der Waals surface area (Å²) in [5, 5.41) is 10.2. The number of thioether (sulfide) groups is 1. The van der Waals surface area contributed by atoms with E-state index in [0.717, 1.165) is 17.9 Å². The highest BCUT2D eigenvalue weighted by atomic mass is 35.5. The van der Waals surface area contributed by atoms with Gasteiger partial charge < -0.3 is 10.0 Å². The lowest BCUT2D eigenvalue weighted by Gasteiger charge is -2.16. The zero-order chi connectivity index (χ0) is 19.3. The summed E-state index contributed by atoms with van der Waals surface area (Å²) in [6, 6.07) is 10.1. The molecule has 0 unspecified atom stereocenters. The summed E-state index contributed by atoms with van der Waals surface area (Å²) >= 11 is 7.46. The maximum atomic E-state index is 13.0. The quantitative estimate of drug-likeness (QED) is 0.646. The average molecular weight is 415 g/mol. The van der Waals surface area contributed by atoms with E-state index in [1.165, 1.54) is 11.8 Å². The Hall–Kier alpha value is -1.25. The second kappa shape index (κ2) is 9.10. The molecule has 26 heavy (non-hydrogen) atoms. The van der Waals surface area contributed by atoms with Gasteiger partial charge in [-0.25, -0.2) is 8.42 Å². The zero-order valence-corrected chi connectivity index (χ0v) is 17.4. The fourth-order valence-electron chi connectivity index (χ4n) is 2.36. The van der Waals surface area contributed by atoms with E-state index >= 15 is 0 Å². The molecular formula is C18H23ClN2O3S2. The molecule has 0 bridgehead atoms. The number of aliphatic hydroxyl groups excluding tert-OH is 1. The topological polar surface area (TPSA) is 69.6 Å². The summed E-state index contributed by atoms with van der Waals surface area (Å²) < 4.78 is 28.6. The number of hydrogen-bond acceptors (Lipinski definition) is 5. The number of nitrogens with one attached hydrogen (secondary N) is 1.